The molecular formula is C14H16FN. The molecule has 2 bridgehead atoms. The molecule has 1 aromatic rings. The number of hydrogen-bond donors (Lipinski definition) is 0. The third kappa shape index (κ3) is 1.49. The van der Waals surface area contributed by atoms with E-state index in [-0.39, 0.29) is 5.82 Å². The Kier molecular flexibility index (Phi) is 2.32. The summed E-state index contributed by atoms with van der Waals surface area (Å²) in [6, 6.07) is 7.50. The van der Waals surface area contributed by atoms with Crippen molar-refractivity contribution in [1.82, 2.24) is 4.90 Å². The molecule has 84 valence electrons. The van der Waals surface area contributed by atoms with Crippen molar-refractivity contribution in [2.45, 2.75) is 19.4 Å². The van der Waals surface area contributed by atoms with E-state index in [1.807, 2.05) is 6.07 Å². The van der Waals surface area contributed by atoms with Crippen LogP contribution in [-0.2, 0) is 0 Å². The summed E-state index contributed by atoms with van der Waals surface area (Å²) in [7, 11) is 0. The van der Waals surface area contributed by atoms with E-state index in [0.717, 1.165) is 12.1 Å². The number of hydrogen-bond acceptors (Lipinski definition) is 1. The lowest BCUT2D eigenvalue weighted by Gasteiger charge is -2.27. The van der Waals surface area contributed by atoms with Gasteiger partial charge in [-0.25, -0.2) is 4.39 Å². The fourth-order valence-corrected chi connectivity index (χ4v) is 3.05. The summed E-state index contributed by atoms with van der Waals surface area (Å²) >= 11 is 0. The maximum absolute atomic E-state index is 13.2. The molecule has 1 aliphatic heterocycles. The van der Waals surface area contributed by atoms with Crippen molar-refractivity contribution < 1.29 is 4.39 Å². The molecule has 1 saturated heterocycles. The van der Waals surface area contributed by atoms with Crippen molar-refractivity contribution in [2.24, 2.45) is 5.92 Å². The molecule has 1 heterocycles. The van der Waals surface area contributed by atoms with Crippen LogP contribution in [0, 0.1) is 11.7 Å². The topological polar surface area (TPSA) is 3.24 Å². The summed E-state index contributed by atoms with van der Waals surface area (Å²) < 4.78 is 13.2. The van der Waals surface area contributed by atoms with Gasteiger partial charge in [0.1, 0.15) is 5.82 Å². The van der Waals surface area contributed by atoms with Gasteiger partial charge in [0.15, 0.2) is 0 Å². The van der Waals surface area contributed by atoms with Crippen LogP contribution in [-0.4, -0.2) is 24.0 Å². The number of likely N-dealkylation sites (tertiary alicyclic amines) is 1. The van der Waals surface area contributed by atoms with E-state index in [1.54, 1.807) is 12.1 Å². The fraction of sp³-hybridized carbons (Fsp3) is 0.429. The van der Waals surface area contributed by atoms with Gasteiger partial charge in [-0.1, -0.05) is 25.1 Å². The lowest BCUT2D eigenvalue weighted by Crippen LogP contribution is -2.31. The van der Waals surface area contributed by atoms with E-state index in [2.05, 4.69) is 17.9 Å². The van der Waals surface area contributed by atoms with Crippen LogP contribution < -0.4 is 0 Å². The lowest BCUT2D eigenvalue weighted by atomic mass is 10.00. The minimum atomic E-state index is -0.135. The summed E-state index contributed by atoms with van der Waals surface area (Å²) in [5, 5.41) is 0. The van der Waals surface area contributed by atoms with Crippen molar-refractivity contribution in [3.05, 3.63) is 41.7 Å². The van der Waals surface area contributed by atoms with Crippen LogP contribution in [0.3, 0.4) is 0 Å². The molecule has 0 spiro atoms. The minimum Gasteiger partial charge on any atom is -0.296 e. The molecule has 2 aliphatic rings. The van der Waals surface area contributed by atoms with Crippen LogP contribution in [0.1, 0.15) is 18.9 Å². The molecule has 0 N–H and O–H groups in total. The van der Waals surface area contributed by atoms with Gasteiger partial charge in [-0.05, 0) is 42.2 Å². The van der Waals surface area contributed by atoms with Gasteiger partial charge in [-0.3, -0.25) is 4.90 Å². The molecule has 1 aliphatic carbocycles. The van der Waals surface area contributed by atoms with Crippen molar-refractivity contribution in [2.75, 3.05) is 13.1 Å². The maximum atomic E-state index is 13.2. The summed E-state index contributed by atoms with van der Waals surface area (Å²) in [5.74, 6) is 0.549. The van der Waals surface area contributed by atoms with Gasteiger partial charge in [0, 0.05) is 12.6 Å². The maximum Gasteiger partial charge on any atom is 0.123 e. The van der Waals surface area contributed by atoms with Crippen LogP contribution in [0.25, 0.3) is 5.57 Å². The molecule has 1 nitrogen and oxygen atoms in total. The van der Waals surface area contributed by atoms with Crippen LogP contribution in [0.2, 0.25) is 0 Å². The van der Waals surface area contributed by atoms with E-state index in [0.29, 0.717) is 12.0 Å². The summed E-state index contributed by atoms with van der Waals surface area (Å²) in [6.45, 7) is 4.47. The number of benzene rings is 1. The highest BCUT2D eigenvalue weighted by molar-refractivity contribution is 5.73. The van der Waals surface area contributed by atoms with Crippen LogP contribution in [0.15, 0.2) is 30.3 Å². The Hall–Kier alpha value is -1.15. The fourth-order valence-electron chi connectivity index (χ4n) is 3.05. The predicted octanol–water partition coefficient (Wildman–Crippen LogP) is 2.93. The lowest BCUT2D eigenvalue weighted by molar-refractivity contribution is 0.302. The molecule has 1 fully saturated rings. The zero-order valence-electron chi connectivity index (χ0n) is 9.49. The molecule has 2 unspecified atom stereocenters. The SMILES string of the molecule is CCN1CC2C=C(c3cccc(F)c3)C1C2. The monoisotopic (exact) mass is 217 g/mol. The molecule has 2 atom stereocenters. The van der Waals surface area contributed by atoms with Crippen molar-refractivity contribution in [3.63, 3.8) is 0 Å². The number of likely N-dealkylation sites (N-methyl/N-ethyl adjacent to an activating group) is 1. The number of halogens is 1. The molecule has 0 radical (unpaired) electrons. The zero-order chi connectivity index (χ0) is 11.1. The Morgan fingerprint density at radius 3 is 3.00 bits per heavy atom. The highest BCUT2D eigenvalue weighted by atomic mass is 19.1. The number of fused-ring (bicyclic) bond motifs is 2. The molecule has 0 aromatic heterocycles. The zero-order valence-corrected chi connectivity index (χ0v) is 9.49. The summed E-state index contributed by atoms with van der Waals surface area (Å²) in [4.78, 5) is 2.49. The highest BCUT2D eigenvalue weighted by Crippen LogP contribution is 2.41. The minimum absolute atomic E-state index is 0.135. The van der Waals surface area contributed by atoms with Crippen LogP contribution >= 0.6 is 0 Å². The van der Waals surface area contributed by atoms with Gasteiger partial charge in [0.2, 0.25) is 0 Å². The smallest absolute Gasteiger partial charge is 0.123 e. The molecule has 1 aromatic carbocycles. The van der Waals surface area contributed by atoms with Gasteiger partial charge >= 0.3 is 0 Å². The average molecular weight is 217 g/mol. The predicted molar refractivity (Wildman–Crippen MR) is 63.5 cm³/mol. The summed E-state index contributed by atoms with van der Waals surface area (Å²) in [6.07, 6.45) is 3.56. The quantitative estimate of drug-likeness (QED) is 0.736. The molecular weight excluding hydrogens is 201 g/mol. The van der Waals surface area contributed by atoms with Gasteiger partial charge in [-0.15, -0.1) is 0 Å². The van der Waals surface area contributed by atoms with Crippen molar-refractivity contribution in [1.29, 1.82) is 0 Å². The first-order chi connectivity index (χ1) is 7.78. The standard InChI is InChI=1S/C14H16FN/c1-2-16-9-10-6-13(14(16)7-10)11-4-3-5-12(15)8-11/h3-6,8,10,14H,2,7,9H2,1H3. The van der Waals surface area contributed by atoms with E-state index >= 15 is 0 Å². The van der Waals surface area contributed by atoms with Gasteiger partial charge < -0.3 is 0 Å². The van der Waals surface area contributed by atoms with E-state index in [4.69, 9.17) is 0 Å². The Morgan fingerprint density at radius 1 is 1.44 bits per heavy atom. The number of nitrogens with zero attached hydrogens (tertiary/aromatic N) is 1. The molecule has 0 saturated carbocycles. The van der Waals surface area contributed by atoms with Gasteiger partial charge in [0.25, 0.3) is 0 Å². The third-order valence-electron chi connectivity index (χ3n) is 3.77. The third-order valence-corrected chi connectivity index (χ3v) is 3.77. The average Bonchev–Trinajstić information content (AvgIpc) is 2.87. The van der Waals surface area contributed by atoms with Gasteiger partial charge in [-0.2, -0.15) is 0 Å². The second-order valence-corrected chi connectivity index (χ2v) is 4.73. The Labute approximate surface area is 95.6 Å². The van der Waals surface area contributed by atoms with Crippen LogP contribution in [0.4, 0.5) is 4.39 Å². The first-order valence-electron chi connectivity index (χ1n) is 5.99. The van der Waals surface area contributed by atoms with E-state index in [1.165, 1.54) is 24.6 Å². The molecule has 3 rings (SSSR count). The first-order valence-corrected chi connectivity index (χ1v) is 5.99. The Bertz CT molecular complexity index is 438. The van der Waals surface area contributed by atoms with E-state index in [9.17, 15) is 4.39 Å². The second kappa shape index (κ2) is 3.70. The largest absolute Gasteiger partial charge is 0.296 e. The van der Waals surface area contributed by atoms with Crippen molar-refractivity contribution in [3.8, 4) is 0 Å². The first kappa shape index (κ1) is 10.0. The van der Waals surface area contributed by atoms with Crippen LogP contribution in [0.5, 0.6) is 0 Å². The Balaban J connectivity index is 1.95. The second-order valence-electron chi connectivity index (χ2n) is 4.73. The normalized spacial score (nSPS) is 28.5. The molecule has 0 amide bonds. The molecule has 2 heteroatoms. The van der Waals surface area contributed by atoms with Crippen molar-refractivity contribution >= 4 is 5.57 Å². The van der Waals surface area contributed by atoms with E-state index < -0.39 is 0 Å². The molecule has 16 heavy (non-hydrogen) atoms. The summed E-state index contributed by atoms with van der Waals surface area (Å²) in [5.41, 5.74) is 2.39. The number of rotatable bonds is 2. The Morgan fingerprint density at radius 2 is 2.31 bits per heavy atom. The van der Waals surface area contributed by atoms with Gasteiger partial charge in [0.05, 0.1) is 0 Å². The highest BCUT2D eigenvalue weighted by Gasteiger charge is 2.38.